The Kier molecular flexibility index (Phi) is 9.56. The van der Waals surface area contributed by atoms with Gasteiger partial charge in [-0.25, -0.2) is 18.6 Å². The summed E-state index contributed by atoms with van der Waals surface area (Å²) in [5.41, 5.74) is 0.467. The van der Waals surface area contributed by atoms with Crippen LogP contribution in [0.4, 0.5) is 8.78 Å². The van der Waals surface area contributed by atoms with Crippen molar-refractivity contribution in [1.82, 2.24) is 10.3 Å². The first-order chi connectivity index (χ1) is 17.2. The molecule has 3 rings (SSSR count). The summed E-state index contributed by atoms with van der Waals surface area (Å²) in [6.45, 7) is 6.92. The van der Waals surface area contributed by atoms with Crippen LogP contribution in [-0.2, 0) is 14.3 Å². The van der Waals surface area contributed by atoms with Gasteiger partial charge in [-0.2, -0.15) is 0 Å². The Morgan fingerprint density at radius 1 is 1.33 bits per heavy atom. The van der Waals surface area contributed by atoms with E-state index < -0.39 is 40.6 Å². The summed E-state index contributed by atoms with van der Waals surface area (Å²) in [4.78, 5) is 33.7. The van der Waals surface area contributed by atoms with Crippen LogP contribution in [0.1, 0.15) is 51.0 Å². The first-order valence-electron chi connectivity index (χ1n) is 11.6. The van der Waals surface area contributed by atoms with Gasteiger partial charge < -0.3 is 15.2 Å². The lowest BCUT2D eigenvalue weighted by molar-refractivity contribution is -0.142. The first kappa shape index (κ1) is 27.7. The van der Waals surface area contributed by atoms with Gasteiger partial charge >= 0.3 is 11.9 Å². The molecule has 194 valence electrons. The highest BCUT2D eigenvalue weighted by molar-refractivity contribution is 7.11. The summed E-state index contributed by atoms with van der Waals surface area (Å²) in [5.74, 6) is -4.38. The second-order valence-corrected chi connectivity index (χ2v) is 9.69. The Morgan fingerprint density at radius 2 is 2.08 bits per heavy atom. The molecule has 1 aromatic rings. The minimum Gasteiger partial charge on any atom is -0.481 e. The van der Waals surface area contributed by atoms with Gasteiger partial charge in [-0.15, -0.1) is 11.3 Å². The van der Waals surface area contributed by atoms with Crippen LogP contribution in [-0.4, -0.2) is 40.5 Å². The number of allylic oxidation sites excluding steroid dienone is 4. The summed E-state index contributed by atoms with van der Waals surface area (Å²) in [6, 6.07) is -1.17. The van der Waals surface area contributed by atoms with E-state index in [1.54, 1.807) is 18.5 Å². The van der Waals surface area contributed by atoms with Crippen molar-refractivity contribution in [2.45, 2.75) is 52.0 Å². The predicted octanol–water partition coefficient (Wildman–Crippen LogP) is 5.81. The summed E-state index contributed by atoms with van der Waals surface area (Å²) < 4.78 is 34.0. The van der Waals surface area contributed by atoms with Crippen LogP contribution in [0.5, 0.6) is 0 Å². The van der Waals surface area contributed by atoms with Crippen LogP contribution in [0.15, 0.2) is 62.8 Å². The molecule has 0 aromatic carbocycles. The predicted molar refractivity (Wildman–Crippen MR) is 135 cm³/mol. The molecule has 1 saturated carbocycles. The Morgan fingerprint density at radius 3 is 2.69 bits per heavy atom. The van der Waals surface area contributed by atoms with E-state index in [2.05, 4.69) is 21.9 Å². The second kappa shape index (κ2) is 12.4. The molecule has 2 heterocycles. The van der Waals surface area contributed by atoms with E-state index in [0.29, 0.717) is 48.6 Å². The third kappa shape index (κ3) is 6.10. The molecular weight excluding hydrogens is 512 g/mol. The third-order valence-corrected chi connectivity index (χ3v) is 7.39. The van der Waals surface area contributed by atoms with Gasteiger partial charge in [-0.3, -0.25) is 9.79 Å². The highest BCUT2D eigenvalue weighted by Gasteiger charge is 2.38. The molecule has 0 spiro atoms. The van der Waals surface area contributed by atoms with Gasteiger partial charge in [0.25, 0.3) is 0 Å². The number of nitrogens with zero attached hydrogens (tertiary/aromatic N) is 2. The number of aromatic nitrogens is 1. The Bertz CT molecular complexity index is 1140. The van der Waals surface area contributed by atoms with Crippen LogP contribution in [0, 0.1) is 11.8 Å². The standard InChI is InChI=1S/C25H28ClF2N3O4S/c1-4-16(27)19(28)18(26)13(3)20-17(25(34)35-5-2)21(31-22(30-20)23-29-11-12-36-23)14-7-6-8-15(10-9-14)24(32)33/h4,11-12,14-15,20H,3,5-10H2,1-2H3,(H,30,31)(H,32,33)/b16-4+,19-18-/t14-,15+,20-/m1/s1. The molecule has 7 nitrogen and oxygen atoms in total. The van der Waals surface area contributed by atoms with Crippen molar-refractivity contribution < 1.29 is 28.2 Å². The van der Waals surface area contributed by atoms with Crippen molar-refractivity contribution in [1.29, 1.82) is 0 Å². The van der Waals surface area contributed by atoms with Crippen LogP contribution >= 0.6 is 22.9 Å². The quantitative estimate of drug-likeness (QED) is 0.246. The van der Waals surface area contributed by atoms with E-state index in [4.69, 9.17) is 16.3 Å². The summed E-state index contributed by atoms with van der Waals surface area (Å²) in [7, 11) is 0. The average molecular weight is 540 g/mol. The third-order valence-electron chi connectivity index (χ3n) is 6.20. The minimum atomic E-state index is -1.31. The zero-order chi connectivity index (χ0) is 26.4. The highest BCUT2D eigenvalue weighted by Crippen LogP contribution is 2.39. The summed E-state index contributed by atoms with van der Waals surface area (Å²) in [6.07, 6.45) is 5.23. The van der Waals surface area contributed by atoms with Crippen molar-refractivity contribution in [3.8, 4) is 0 Å². The Labute approximate surface area is 217 Å². The number of thiazole rings is 1. The molecular formula is C25H28ClF2N3O4S. The number of carboxylic acids is 1. The first-order valence-corrected chi connectivity index (χ1v) is 12.9. The van der Waals surface area contributed by atoms with Crippen LogP contribution < -0.4 is 5.32 Å². The van der Waals surface area contributed by atoms with E-state index in [0.717, 1.165) is 6.08 Å². The van der Waals surface area contributed by atoms with Crippen LogP contribution in [0.2, 0.25) is 0 Å². The molecule has 1 fully saturated rings. The highest BCUT2D eigenvalue weighted by atomic mass is 35.5. The van der Waals surface area contributed by atoms with E-state index in [1.165, 1.54) is 18.3 Å². The molecule has 1 aliphatic carbocycles. The number of rotatable bonds is 8. The number of hydrogen-bond acceptors (Lipinski definition) is 7. The van der Waals surface area contributed by atoms with E-state index in [-0.39, 0.29) is 23.7 Å². The second-order valence-electron chi connectivity index (χ2n) is 8.42. The lowest BCUT2D eigenvalue weighted by atomic mass is 9.86. The van der Waals surface area contributed by atoms with Crippen molar-refractivity contribution in [3.63, 3.8) is 0 Å². The number of carbonyl (C=O) groups is 2. The van der Waals surface area contributed by atoms with Crippen molar-refractivity contribution in [3.05, 3.63) is 62.8 Å². The number of amidine groups is 1. The molecule has 0 unspecified atom stereocenters. The maximum Gasteiger partial charge on any atom is 0.338 e. The van der Waals surface area contributed by atoms with E-state index in [9.17, 15) is 23.5 Å². The maximum absolute atomic E-state index is 14.6. The number of aliphatic imine (C=N–C) groups is 1. The molecule has 2 N–H and O–H groups in total. The smallest absolute Gasteiger partial charge is 0.338 e. The molecule has 3 atom stereocenters. The van der Waals surface area contributed by atoms with Gasteiger partial charge in [0, 0.05) is 17.3 Å². The number of esters is 1. The number of nitrogens with one attached hydrogen (secondary N) is 1. The number of halogens is 3. The number of carbonyl (C=O) groups excluding carboxylic acids is 1. The molecule has 1 aromatic heterocycles. The van der Waals surface area contributed by atoms with E-state index in [1.807, 2.05) is 0 Å². The number of carboxylic acid groups (broad SMARTS) is 1. The van der Waals surface area contributed by atoms with Gasteiger partial charge in [0.2, 0.25) is 0 Å². The summed E-state index contributed by atoms with van der Waals surface area (Å²) >= 11 is 7.51. The molecule has 36 heavy (non-hydrogen) atoms. The van der Waals surface area contributed by atoms with Gasteiger partial charge in [0.1, 0.15) is 6.04 Å². The van der Waals surface area contributed by atoms with Gasteiger partial charge in [0.15, 0.2) is 22.5 Å². The minimum absolute atomic E-state index is 0.0781. The normalized spacial score (nSPS) is 23.8. The SMILES string of the molecule is C=C(/C(Cl)=C(F)\C(F)=C/C)[C@H]1N=C(c2nccs2)NC([C@@H]2CCC[C@H](C(=O)O)CC2)=C1C(=O)OCC. The van der Waals surface area contributed by atoms with Crippen molar-refractivity contribution >= 4 is 40.7 Å². The number of aliphatic carboxylic acids is 1. The van der Waals surface area contributed by atoms with Crippen molar-refractivity contribution in [2.75, 3.05) is 6.61 Å². The van der Waals surface area contributed by atoms with Gasteiger partial charge in [0.05, 0.1) is 23.1 Å². The molecule has 0 radical (unpaired) electrons. The maximum atomic E-state index is 14.6. The Balaban J connectivity index is 2.15. The fourth-order valence-electron chi connectivity index (χ4n) is 4.35. The van der Waals surface area contributed by atoms with Crippen LogP contribution in [0.3, 0.4) is 0 Å². The fraction of sp³-hybridized carbons (Fsp3) is 0.440. The molecule has 0 saturated heterocycles. The molecule has 0 amide bonds. The lowest BCUT2D eigenvalue weighted by Gasteiger charge is -2.31. The zero-order valence-corrected chi connectivity index (χ0v) is 21.6. The van der Waals surface area contributed by atoms with Gasteiger partial charge in [-0.1, -0.05) is 24.6 Å². The summed E-state index contributed by atoms with van der Waals surface area (Å²) in [5, 5.41) is 14.4. The Hall–Kier alpha value is -2.85. The zero-order valence-electron chi connectivity index (χ0n) is 20.0. The monoisotopic (exact) mass is 539 g/mol. The van der Waals surface area contributed by atoms with E-state index >= 15 is 0 Å². The average Bonchev–Trinajstić information content (AvgIpc) is 3.30. The van der Waals surface area contributed by atoms with Gasteiger partial charge in [-0.05, 0) is 57.1 Å². The van der Waals surface area contributed by atoms with Crippen molar-refractivity contribution in [2.24, 2.45) is 16.8 Å². The number of ether oxygens (including phenoxy) is 1. The lowest BCUT2D eigenvalue weighted by Crippen LogP contribution is -2.40. The molecule has 11 heteroatoms. The molecule has 2 aliphatic rings. The molecule has 0 bridgehead atoms. The topological polar surface area (TPSA) is 101 Å². The fourth-order valence-corrected chi connectivity index (χ4v) is 5.13. The number of hydrogen-bond donors (Lipinski definition) is 2. The molecule has 1 aliphatic heterocycles. The van der Waals surface area contributed by atoms with Crippen LogP contribution in [0.25, 0.3) is 0 Å². The largest absolute Gasteiger partial charge is 0.481 e.